The normalized spacial score (nSPS) is 9.80. The first kappa shape index (κ1) is 7.48. The van der Waals surface area contributed by atoms with E-state index in [1.54, 1.807) is 6.07 Å². The number of aromatic hydroxyl groups is 1. The van der Waals surface area contributed by atoms with Crippen LogP contribution < -0.4 is 0 Å². The van der Waals surface area contributed by atoms with E-state index in [0.717, 1.165) is 12.0 Å². The predicted octanol–water partition coefficient (Wildman–Crippen LogP) is 2.24. The van der Waals surface area contributed by atoms with Crippen LogP contribution >= 0.6 is 12.6 Å². The molecule has 0 amide bonds. The average molecular weight is 154 g/mol. The fourth-order valence-electron chi connectivity index (χ4n) is 0.863. The Morgan fingerprint density at radius 1 is 1.50 bits per heavy atom. The Kier molecular flexibility index (Phi) is 2.22. The van der Waals surface area contributed by atoms with Crippen LogP contribution in [0.3, 0.4) is 0 Å². The molecule has 1 aromatic carbocycles. The Morgan fingerprint density at radius 2 is 2.20 bits per heavy atom. The van der Waals surface area contributed by atoms with Gasteiger partial charge in [0.25, 0.3) is 0 Å². The minimum Gasteiger partial charge on any atom is -0.507 e. The quantitative estimate of drug-likeness (QED) is 0.594. The summed E-state index contributed by atoms with van der Waals surface area (Å²) in [6.07, 6.45) is 0.910. The lowest BCUT2D eigenvalue weighted by molar-refractivity contribution is 0.461. The molecule has 0 radical (unpaired) electrons. The zero-order valence-electron chi connectivity index (χ0n) is 5.83. The number of aryl methyl sites for hydroxylation is 1. The largest absolute Gasteiger partial charge is 0.507 e. The van der Waals surface area contributed by atoms with Crippen molar-refractivity contribution in [2.24, 2.45) is 0 Å². The molecule has 1 nitrogen and oxygen atoms in total. The monoisotopic (exact) mass is 154 g/mol. The van der Waals surface area contributed by atoms with Crippen LogP contribution in [0, 0.1) is 0 Å². The summed E-state index contributed by atoms with van der Waals surface area (Å²) >= 11 is 4.14. The maximum Gasteiger partial charge on any atom is 0.129 e. The second-order valence-corrected chi connectivity index (χ2v) is 2.59. The second kappa shape index (κ2) is 2.97. The smallest absolute Gasteiger partial charge is 0.129 e. The highest BCUT2D eigenvalue weighted by Gasteiger charge is 1.99. The fourth-order valence-corrected chi connectivity index (χ4v) is 1.17. The van der Waals surface area contributed by atoms with Gasteiger partial charge in [0.05, 0.1) is 0 Å². The number of thiol groups is 1. The first-order valence-corrected chi connectivity index (χ1v) is 3.70. The third-order valence-corrected chi connectivity index (χ3v) is 2.00. The highest BCUT2D eigenvalue weighted by Crippen LogP contribution is 2.24. The number of rotatable bonds is 1. The molecule has 0 atom stereocenters. The van der Waals surface area contributed by atoms with Crippen LogP contribution in [0.15, 0.2) is 23.1 Å². The highest BCUT2D eigenvalue weighted by molar-refractivity contribution is 7.80. The first-order chi connectivity index (χ1) is 4.75. The summed E-state index contributed by atoms with van der Waals surface area (Å²) in [5.41, 5.74) is 1.09. The molecule has 0 saturated carbocycles. The van der Waals surface area contributed by atoms with Gasteiger partial charge in [0.15, 0.2) is 0 Å². The van der Waals surface area contributed by atoms with Crippen molar-refractivity contribution in [1.82, 2.24) is 0 Å². The summed E-state index contributed by atoms with van der Waals surface area (Å²) in [6.45, 7) is 2.04. The van der Waals surface area contributed by atoms with E-state index in [0.29, 0.717) is 4.90 Å². The highest BCUT2D eigenvalue weighted by atomic mass is 32.1. The van der Waals surface area contributed by atoms with Crippen LogP contribution in [-0.4, -0.2) is 5.11 Å². The van der Waals surface area contributed by atoms with Crippen molar-refractivity contribution in [2.45, 2.75) is 18.2 Å². The number of phenols is 1. The molecule has 1 N–H and O–H groups in total. The summed E-state index contributed by atoms with van der Waals surface area (Å²) in [6, 6.07) is 5.43. The van der Waals surface area contributed by atoms with E-state index >= 15 is 0 Å². The van der Waals surface area contributed by atoms with Gasteiger partial charge in [-0.05, 0) is 18.1 Å². The molecular formula is C8H10OS. The number of hydrogen-bond acceptors (Lipinski definition) is 2. The molecule has 0 bridgehead atoms. The summed E-state index contributed by atoms with van der Waals surface area (Å²) in [4.78, 5) is 0.699. The zero-order valence-corrected chi connectivity index (χ0v) is 6.73. The lowest BCUT2D eigenvalue weighted by Gasteiger charge is -2.01. The van der Waals surface area contributed by atoms with Crippen molar-refractivity contribution >= 4 is 12.6 Å². The predicted molar refractivity (Wildman–Crippen MR) is 44.7 cm³/mol. The Labute approximate surface area is 66.1 Å². The molecule has 54 valence electrons. The van der Waals surface area contributed by atoms with Crippen molar-refractivity contribution < 1.29 is 5.11 Å². The Balaban J connectivity index is 3.14. The Hall–Kier alpha value is -0.630. The Morgan fingerprint density at radius 3 is 2.70 bits per heavy atom. The van der Waals surface area contributed by atoms with Gasteiger partial charge < -0.3 is 5.11 Å². The van der Waals surface area contributed by atoms with Gasteiger partial charge in [-0.1, -0.05) is 19.1 Å². The van der Waals surface area contributed by atoms with E-state index < -0.39 is 0 Å². The molecule has 1 rings (SSSR count). The first-order valence-electron chi connectivity index (χ1n) is 3.25. The molecule has 1 aromatic rings. The van der Waals surface area contributed by atoms with Crippen LogP contribution in [0.2, 0.25) is 0 Å². The lowest BCUT2D eigenvalue weighted by atomic mass is 10.2. The van der Waals surface area contributed by atoms with Crippen LogP contribution in [0.4, 0.5) is 0 Å². The molecule has 0 saturated heterocycles. The topological polar surface area (TPSA) is 20.2 Å². The van der Waals surface area contributed by atoms with E-state index in [9.17, 15) is 0 Å². The van der Waals surface area contributed by atoms with Gasteiger partial charge in [0.1, 0.15) is 5.75 Å². The van der Waals surface area contributed by atoms with Crippen molar-refractivity contribution in [3.63, 3.8) is 0 Å². The van der Waals surface area contributed by atoms with Gasteiger partial charge in [-0.2, -0.15) is 0 Å². The molecule has 0 heterocycles. The second-order valence-electron chi connectivity index (χ2n) is 2.14. The van der Waals surface area contributed by atoms with Crippen LogP contribution in [0.5, 0.6) is 5.75 Å². The minimum absolute atomic E-state index is 0.266. The number of phenolic OH excluding ortho intramolecular Hbond substituents is 1. The van der Waals surface area contributed by atoms with Crippen LogP contribution in [0.1, 0.15) is 12.5 Å². The standard InChI is InChI=1S/C8H10OS/c1-2-6-4-3-5-7(9)8(6)10/h3-5,9-10H,2H2,1H3. The van der Waals surface area contributed by atoms with Crippen molar-refractivity contribution in [3.05, 3.63) is 23.8 Å². The van der Waals surface area contributed by atoms with E-state index in [2.05, 4.69) is 12.6 Å². The lowest BCUT2D eigenvalue weighted by Crippen LogP contribution is -1.81. The number of benzene rings is 1. The van der Waals surface area contributed by atoms with Crippen molar-refractivity contribution in [1.29, 1.82) is 0 Å². The maximum atomic E-state index is 9.15. The molecule has 0 aliphatic heterocycles. The van der Waals surface area contributed by atoms with Gasteiger partial charge in [-0.15, -0.1) is 12.6 Å². The van der Waals surface area contributed by atoms with Gasteiger partial charge in [0, 0.05) is 4.90 Å². The zero-order chi connectivity index (χ0) is 7.56. The third kappa shape index (κ3) is 1.27. The third-order valence-electron chi connectivity index (χ3n) is 1.48. The summed E-state index contributed by atoms with van der Waals surface area (Å²) in [5.74, 6) is 0.266. The van der Waals surface area contributed by atoms with Crippen molar-refractivity contribution in [2.75, 3.05) is 0 Å². The fraction of sp³-hybridized carbons (Fsp3) is 0.250. The maximum absolute atomic E-state index is 9.15. The van der Waals surface area contributed by atoms with E-state index in [-0.39, 0.29) is 5.75 Å². The van der Waals surface area contributed by atoms with E-state index in [1.807, 2.05) is 19.1 Å². The molecular weight excluding hydrogens is 144 g/mol. The van der Waals surface area contributed by atoms with Gasteiger partial charge >= 0.3 is 0 Å². The Bertz CT molecular complexity index is 233. The molecule has 0 aromatic heterocycles. The molecule has 0 fully saturated rings. The van der Waals surface area contributed by atoms with Gasteiger partial charge in [-0.3, -0.25) is 0 Å². The molecule has 0 spiro atoms. The van der Waals surface area contributed by atoms with Crippen molar-refractivity contribution in [3.8, 4) is 5.75 Å². The summed E-state index contributed by atoms with van der Waals surface area (Å²) in [5, 5.41) is 9.15. The summed E-state index contributed by atoms with van der Waals surface area (Å²) in [7, 11) is 0. The van der Waals surface area contributed by atoms with E-state index in [1.165, 1.54) is 0 Å². The van der Waals surface area contributed by atoms with Crippen LogP contribution in [-0.2, 0) is 6.42 Å². The summed E-state index contributed by atoms with van der Waals surface area (Å²) < 4.78 is 0. The average Bonchev–Trinajstić information content (AvgIpc) is 1.95. The number of hydrogen-bond donors (Lipinski definition) is 2. The molecule has 0 aliphatic rings. The SMILES string of the molecule is CCc1cccc(O)c1S. The van der Waals surface area contributed by atoms with E-state index in [4.69, 9.17) is 5.11 Å². The molecule has 10 heavy (non-hydrogen) atoms. The van der Waals surface area contributed by atoms with Crippen LogP contribution in [0.25, 0.3) is 0 Å². The minimum atomic E-state index is 0.266. The van der Waals surface area contributed by atoms with Gasteiger partial charge in [0.2, 0.25) is 0 Å². The molecule has 0 unspecified atom stereocenters. The molecule has 2 heteroatoms. The molecule has 0 aliphatic carbocycles. The van der Waals surface area contributed by atoms with Gasteiger partial charge in [-0.25, -0.2) is 0 Å².